The Morgan fingerprint density at radius 2 is 1.78 bits per heavy atom. The van der Waals surface area contributed by atoms with Crippen molar-refractivity contribution in [2.45, 2.75) is 25.8 Å². The third-order valence-corrected chi connectivity index (χ3v) is 4.82. The van der Waals surface area contributed by atoms with Crippen LogP contribution >= 0.6 is 11.6 Å². The molecular formula is C18H23ClN4. The van der Waals surface area contributed by atoms with E-state index in [1.165, 1.54) is 5.56 Å². The highest BCUT2D eigenvalue weighted by atomic mass is 35.5. The second-order valence-corrected chi connectivity index (χ2v) is 6.52. The van der Waals surface area contributed by atoms with Crippen molar-refractivity contribution in [1.82, 2.24) is 9.80 Å². The fourth-order valence-corrected chi connectivity index (χ4v) is 3.16. The SMILES string of the molecule is C[C@@H](c1ccc(Cl)cc1)N1CCN(C[C@@H](C#N)CCC#N)CC1. The quantitative estimate of drug-likeness (QED) is 0.801. The fraction of sp³-hybridized carbons (Fsp3) is 0.556. The van der Waals surface area contributed by atoms with E-state index < -0.39 is 0 Å². The molecule has 0 aromatic heterocycles. The molecule has 0 radical (unpaired) electrons. The average molecular weight is 331 g/mol. The molecule has 23 heavy (non-hydrogen) atoms. The minimum Gasteiger partial charge on any atom is -0.299 e. The van der Waals surface area contributed by atoms with E-state index in [9.17, 15) is 5.26 Å². The van der Waals surface area contributed by atoms with Crippen molar-refractivity contribution in [1.29, 1.82) is 10.5 Å². The lowest BCUT2D eigenvalue weighted by Crippen LogP contribution is -2.48. The van der Waals surface area contributed by atoms with Gasteiger partial charge in [0.25, 0.3) is 0 Å². The summed E-state index contributed by atoms with van der Waals surface area (Å²) in [7, 11) is 0. The highest BCUT2D eigenvalue weighted by molar-refractivity contribution is 6.30. The molecule has 0 saturated carbocycles. The molecule has 0 unspecified atom stereocenters. The molecule has 2 rings (SSSR count). The van der Waals surface area contributed by atoms with Crippen molar-refractivity contribution in [2.24, 2.45) is 5.92 Å². The summed E-state index contributed by atoms with van der Waals surface area (Å²) in [6.07, 6.45) is 1.14. The molecule has 1 aliphatic heterocycles. The molecule has 4 nitrogen and oxygen atoms in total. The van der Waals surface area contributed by atoms with Gasteiger partial charge >= 0.3 is 0 Å². The average Bonchev–Trinajstić information content (AvgIpc) is 2.59. The second-order valence-electron chi connectivity index (χ2n) is 6.09. The van der Waals surface area contributed by atoms with Gasteiger partial charge in [0, 0.05) is 50.2 Å². The molecule has 1 aromatic rings. The van der Waals surface area contributed by atoms with Crippen molar-refractivity contribution in [3.63, 3.8) is 0 Å². The molecule has 1 fully saturated rings. The number of rotatable bonds is 6. The monoisotopic (exact) mass is 330 g/mol. The Hall–Kier alpha value is -1.59. The smallest absolute Gasteiger partial charge is 0.0669 e. The summed E-state index contributed by atoms with van der Waals surface area (Å²) in [6, 6.07) is 12.9. The van der Waals surface area contributed by atoms with E-state index in [0.717, 1.165) is 37.7 Å². The van der Waals surface area contributed by atoms with E-state index in [2.05, 4.69) is 41.0 Å². The summed E-state index contributed by atoms with van der Waals surface area (Å²) in [5.74, 6) is -0.0325. The zero-order valence-electron chi connectivity index (χ0n) is 13.6. The normalized spacial score (nSPS) is 18.8. The molecular weight excluding hydrogens is 308 g/mol. The summed E-state index contributed by atoms with van der Waals surface area (Å²) < 4.78 is 0. The van der Waals surface area contributed by atoms with Gasteiger partial charge in [-0.3, -0.25) is 9.80 Å². The van der Waals surface area contributed by atoms with E-state index >= 15 is 0 Å². The van der Waals surface area contributed by atoms with Gasteiger partial charge in [-0.25, -0.2) is 0 Å². The lowest BCUT2D eigenvalue weighted by atomic mass is 10.0. The third kappa shape index (κ3) is 5.22. The number of halogens is 1. The fourth-order valence-electron chi connectivity index (χ4n) is 3.03. The van der Waals surface area contributed by atoms with Crippen LogP contribution in [0.4, 0.5) is 0 Å². The Balaban J connectivity index is 1.82. The van der Waals surface area contributed by atoms with Gasteiger partial charge in [0.2, 0.25) is 0 Å². The van der Waals surface area contributed by atoms with Crippen LogP contribution in [0, 0.1) is 28.6 Å². The summed E-state index contributed by atoms with van der Waals surface area (Å²) in [6.45, 7) is 6.96. The van der Waals surface area contributed by atoms with Crippen LogP contribution in [-0.2, 0) is 0 Å². The molecule has 0 N–H and O–H groups in total. The van der Waals surface area contributed by atoms with Crippen LogP contribution in [0.25, 0.3) is 0 Å². The van der Waals surface area contributed by atoms with Gasteiger partial charge < -0.3 is 0 Å². The Labute approximate surface area is 143 Å². The van der Waals surface area contributed by atoms with Gasteiger partial charge in [-0.1, -0.05) is 23.7 Å². The zero-order valence-corrected chi connectivity index (χ0v) is 14.3. The Morgan fingerprint density at radius 3 is 2.35 bits per heavy atom. The predicted octanol–water partition coefficient (Wildman–Crippen LogP) is 3.46. The number of piperazine rings is 1. The molecule has 1 aliphatic rings. The van der Waals surface area contributed by atoms with Crippen LogP contribution in [0.3, 0.4) is 0 Å². The minimum atomic E-state index is -0.0325. The standard InChI is InChI=1S/C18H23ClN4/c1-15(17-4-6-18(19)7-5-17)23-11-9-22(10-12-23)14-16(13-21)3-2-8-20/h4-7,15-16H,2-3,9-12,14H2,1H3/t15-,16+/m0/s1. The molecule has 0 spiro atoms. The third-order valence-electron chi connectivity index (χ3n) is 4.57. The van der Waals surface area contributed by atoms with Gasteiger partial charge in [-0.2, -0.15) is 10.5 Å². The van der Waals surface area contributed by atoms with E-state index in [4.69, 9.17) is 16.9 Å². The first-order valence-electron chi connectivity index (χ1n) is 8.12. The molecule has 122 valence electrons. The highest BCUT2D eigenvalue weighted by Gasteiger charge is 2.23. The van der Waals surface area contributed by atoms with E-state index in [-0.39, 0.29) is 5.92 Å². The first-order valence-corrected chi connectivity index (χ1v) is 8.50. The van der Waals surface area contributed by atoms with E-state index in [0.29, 0.717) is 18.9 Å². The van der Waals surface area contributed by atoms with Gasteiger partial charge in [0.15, 0.2) is 0 Å². The van der Waals surface area contributed by atoms with Crippen LogP contribution in [-0.4, -0.2) is 42.5 Å². The molecule has 0 amide bonds. The molecule has 0 aliphatic carbocycles. The lowest BCUT2D eigenvalue weighted by Gasteiger charge is -2.38. The highest BCUT2D eigenvalue weighted by Crippen LogP contribution is 2.23. The van der Waals surface area contributed by atoms with Crippen LogP contribution < -0.4 is 0 Å². The number of hydrogen-bond donors (Lipinski definition) is 0. The molecule has 1 saturated heterocycles. The number of hydrogen-bond acceptors (Lipinski definition) is 4. The molecule has 1 heterocycles. The Bertz CT molecular complexity index is 564. The van der Waals surface area contributed by atoms with Gasteiger partial charge in [-0.15, -0.1) is 0 Å². The van der Waals surface area contributed by atoms with Crippen molar-refractivity contribution < 1.29 is 0 Å². The molecule has 5 heteroatoms. The maximum atomic E-state index is 9.19. The summed E-state index contributed by atoms with van der Waals surface area (Å²) in [4.78, 5) is 4.81. The maximum absolute atomic E-state index is 9.19. The van der Waals surface area contributed by atoms with Crippen molar-refractivity contribution >= 4 is 11.6 Å². The topological polar surface area (TPSA) is 54.1 Å². The predicted molar refractivity (Wildman–Crippen MR) is 91.8 cm³/mol. The number of nitrogens with zero attached hydrogens (tertiary/aromatic N) is 4. The minimum absolute atomic E-state index is 0.0325. The Kier molecular flexibility index (Phi) is 6.86. The zero-order chi connectivity index (χ0) is 16.7. The van der Waals surface area contributed by atoms with Gasteiger partial charge in [0.05, 0.1) is 18.1 Å². The summed E-state index contributed by atoms with van der Waals surface area (Å²) in [5, 5.41) is 18.6. The number of benzene rings is 1. The lowest BCUT2D eigenvalue weighted by molar-refractivity contribution is 0.0955. The van der Waals surface area contributed by atoms with Gasteiger partial charge in [0.1, 0.15) is 0 Å². The van der Waals surface area contributed by atoms with Crippen molar-refractivity contribution in [3.8, 4) is 12.1 Å². The molecule has 1 aromatic carbocycles. The molecule has 0 bridgehead atoms. The Morgan fingerprint density at radius 1 is 1.13 bits per heavy atom. The van der Waals surface area contributed by atoms with Crippen molar-refractivity contribution in [2.75, 3.05) is 32.7 Å². The molecule has 2 atom stereocenters. The van der Waals surface area contributed by atoms with Crippen LogP contribution in [0.1, 0.15) is 31.4 Å². The van der Waals surface area contributed by atoms with Crippen LogP contribution in [0.2, 0.25) is 5.02 Å². The summed E-state index contributed by atoms with van der Waals surface area (Å²) in [5.41, 5.74) is 1.28. The second kappa shape index (κ2) is 8.89. The number of nitriles is 2. The first kappa shape index (κ1) is 17.8. The van der Waals surface area contributed by atoms with Crippen molar-refractivity contribution in [3.05, 3.63) is 34.9 Å². The maximum Gasteiger partial charge on any atom is 0.0669 e. The van der Waals surface area contributed by atoms with Crippen LogP contribution in [0.5, 0.6) is 0 Å². The van der Waals surface area contributed by atoms with Crippen LogP contribution in [0.15, 0.2) is 24.3 Å². The summed E-state index contributed by atoms with van der Waals surface area (Å²) >= 11 is 5.95. The van der Waals surface area contributed by atoms with E-state index in [1.54, 1.807) is 0 Å². The van der Waals surface area contributed by atoms with Gasteiger partial charge in [-0.05, 0) is 31.0 Å². The first-order chi connectivity index (χ1) is 11.1. The van der Waals surface area contributed by atoms with E-state index in [1.807, 2.05) is 12.1 Å². The largest absolute Gasteiger partial charge is 0.299 e.